The highest BCUT2D eigenvalue weighted by molar-refractivity contribution is 5.84. The van der Waals surface area contributed by atoms with Crippen LogP contribution in [0.1, 0.15) is 66.7 Å². The van der Waals surface area contributed by atoms with Crippen LogP contribution in [-0.2, 0) is 57.2 Å². The molecule has 3 fully saturated rings. The summed E-state index contributed by atoms with van der Waals surface area (Å²) in [5, 5.41) is 0. The average molecular weight is 653 g/mol. The molecule has 3 atom stereocenters. The lowest BCUT2D eigenvalue weighted by Gasteiger charge is -2.26. The molecule has 0 N–H and O–H groups in total. The van der Waals surface area contributed by atoms with Crippen LogP contribution >= 0.6 is 0 Å². The fourth-order valence-electron chi connectivity index (χ4n) is 2.99. The topological polar surface area (TPSA) is 158 Å². The van der Waals surface area contributed by atoms with Gasteiger partial charge in [0.25, 0.3) is 0 Å². The van der Waals surface area contributed by atoms with Crippen molar-refractivity contribution in [2.45, 2.75) is 103 Å². The lowest BCUT2D eigenvalue weighted by molar-refractivity contribution is -0.227. The van der Waals surface area contributed by atoms with Gasteiger partial charge in [-0.3, -0.25) is 4.79 Å². The second kappa shape index (κ2) is 15.4. The molecule has 0 bridgehead atoms. The highest BCUT2D eigenvalue weighted by Crippen LogP contribution is 2.39. The SMILES string of the molecule is CC(C)(C(=O)OC1CCOC1=O)C(F)(F)F.CC(C)(F)C(=O)OC1CCOC1=O.CC(F)(F)C(=O)OC1CCCCOC1=O. The van der Waals surface area contributed by atoms with Gasteiger partial charge in [-0.2, -0.15) is 22.0 Å². The number of esters is 6. The zero-order valence-corrected chi connectivity index (χ0v) is 24.6. The van der Waals surface area contributed by atoms with Crippen LogP contribution in [0.5, 0.6) is 0 Å². The minimum absolute atomic E-state index is 0.0588. The molecule has 3 aliphatic rings. The fourth-order valence-corrected chi connectivity index (χ4v) is 2.99. The summed E-state index contributed by atoms with van der Waals surface area (Å²) in [6, 6.07) is 0. The van der Waals surface area contributed by atoms with Gasteiger partial charge in [-0.15, -0.1) is 0 Å². The number of carbonyl (C=O) groups is 6. The van der Waals surface area contributed by atoms with E-state index in [0.717, 1.165) is 13.8 Å². The Kier molecular flexibility index (Phi) is 13.5. The maximum atomic E-state index is 12.9. The van der Waals surface area contributed by atoms with Crippen LogP contribution in [0.2, 0.25) is 0 Å². The number of hydrogen-bond acceptors (Lipinski definition) is 12. The molecule has 0 aliphatic carbocycles. The Morgan fingerprint density at radius 3 is 1.34 bits per heavy atom. The van der Waals surface area contributed by atoms with Gasteiger partial charge in [-0.05, 0) is 47.0 Å². The highest BCUT2D eigenvalue weighted by atomic mass is 19.4. The quantitative estimate of drug-likeness (QED) is 0.235. The summed E-state index contributed by atoms with van der Waals surface area (Å²) >= 11 is 0. The van der Waals surface area contributed by atoms with Gasteiger partial charge in [0, 0.05) is 19.8 Å². The molecular formula is C26H34F6O12. The van der Waals surface area contributed by atoms with Crippen molar-refractivity contribution in [2.75, 3.05) is 19.8 Å². The third-order valence-corrected chi connectivity index (χ3v) is 5.95. The van der Waals surface area contributed by atoms with Crippen LogP contribution in [0.15, 0.2) is 0 Å². The molecule has 3 unspecified atom stereocenters. The predicted molar refractivity (Wildman–Crippen MR) is 131 cm³/mol. The molecule has 0 radical (unpaired) electrons. The summed E-state index contributed by atoms with van der Waals surface area (Å²) < 4.78 is 102. The van der Waals surface area contributed by atoms with Crippen molar-refractivity contribution in [3.8, 4) is 0 Å². The Morgan fingerprint density at radius 2 is 0.977 bits per heavy atom. The molecule has 0 aromatic heterocycles. The van der Waals surface area contributed by atoms with E-state index >= 15 is 0 Å². The lowest BCUT2D eigenvalue weighted by atomic mass is 9.93. The lowest BCUT2D eigenvalue weighted by Crippen LogP contribution is -2.43. The fraction of sp³-hybridized carbons (Fsp3) is 0.769. The largest absolute Gasteiger partial charge is 0.463 e. The van der Waals surface area contributed by atoms with Crippen LogP contribution in [-0.4, -0.2) is 91.7 Å². The molecule has 0 aromatic carbocycles. The van der Waals surface area contributed by atoms with Crippen molar-refractivity contribution in [3.05, 3.63) is 0 Å². The minimum atomic E-state index is -4.72. The minimum Gasteiger partial charge on any atom is -0.463 e. The standard InChI is InChI=1S/C9H11F3O4.C9H12F2O4.C8H11FO4/c1-8(2,9(10,11)12)7(14)16-5-3-4-15-6(5)13;1-9(10,11)8(13)15-6-4-2-3-5-14-7(6)12;1-8(2,9)7(11)13-5-3-4-12-6(5)10/h5H,3-4H2,1-2H3;6H,2-5H2,1H3;5H,3-4H2,1-2H3. The monoisotopic (exact) mass is 652 g/mol. The van der Waals surface area contributed by atoms with E-state index in [4.69, 9.17) is 0 Å². The van der Waals surface area contributed by atoms with Crippen LogP contribution in [0.4, 0.5) is 26.3 Å². The Labute approximate surface area is 248 Å². The van der Waals surface area contributed by atoms with E-state index in [1.807, 2.05) is 0 Å². The van der Waals surface area contributed by atoms with Gasteiger partial charge in [-0.25, -0.2) is 28.4 Å². The van der Waals surface area contributed by atoms with Crippen LogP contribution in [0.3, 0.4) is 0 Å². The Hall–Kier alpha value is -3.60. The van der Waals surface area contributed by atoms with Gasteiger partial charge in [0.15, 0.2) is 11.5 Å². The first-order chi connectivity index (χ1) is 20.0. The molecular weight excluding hydrogens is 618 g/mol. The Balaban J connectivity index is 0.000000332. The molecule has 3 rings (SSSR count). The average Bonchev–Trinajstić information content (AvgIpc) is 3.42. The number of hydrogen-bond donors (Lipinski definition) is 0. The zero-order valence-electron chi connectivity index (χ0n) is 24.6. The molecule has 252 valence electrons. The van der Waals surface area contributed by atoms with Gasteiger partial charge >= 0.3 is 47.9 Å². The van der Waals surface area contributed by atoms with Gasteiger partial charge < -0.3 is 28.4 Å². The molecule has 0 spiro atoms. The molecule has 3 aliphatic heterocycles. The second-order valence-electron chi connectivity index (χ2n) is 10.7. The highest BCUT2D eigenvalue weighted by Gasteiger charge is 2.55. The normalized spacial score (nSPS) is 22.4. The van der Waals surface area contributed by atoms with Crippen molar-refractivity contribution >= 4 is 35.8 Å². The number of cyclic esters (lactones) is 3. The maximum Gasteiger partial charge on any atom is 0.404 e. The smallest absolute Gasteiger partial charge is 0.404 e. The van der Waals surface area contributed by atoms with Crippen molar-refractivity contribution < 1.29 is 83.5 Å². The second-order valence-corrected chi connectivity index (χ2v) is 10.7. The summed E-state index contributed by atoms with van der Waals surface area (Å²) in [7, 11) is 0. The van der Waals surface area contributed by atoms with Gasteiger partial charge in [0.05, 0.1) is 19.8 Å². The van der Waals surface area contributed by atoms with Crippen molar-refractivity contribution in [1.82, 2.24) is 0 Å². The first kappa shape index (κ1) is 38.4. The summed E-state index contributed by atoms with van der Waals surface area (Å²) in [5.74, 6) is -9.91. The van der Waals surface area contributed by atoms with E-state index in [2.05, 4.69) is 28.4 Å². The Bertz CT molecular complexity index is 1060. The van der Waals surface area contributed by atoms with Gasteiger partial charge in [0.2, 0.25) is 17.9 Å². The van der Waals surface area contributed by atoms with Gasteiger partial charge in [0.1, 0.15) is 0 Å². The van der Waals surface area contributed by atoms with E-state index in [-0.39, 0.29) is 32.7 Å². The van der Waals surface area contributed by atoms with E-state index in [9.17, 15) is 55.1 Å². The molecule has 0 saturated carbocycles. The van der Waals surface area contributed by atoms with E-state index < -0.39 is 77.3 Å². The predicted octanol–water partition coefficient (Wildman–Crippen LogP) is 3.31. The van der Waals surface area contributed by atoms with Crippen LogP contribution < -0.4 is 0 Å². The number of halogens is 6. The van der Waals surface area contributed by atoms with Crippen LogP contribution in [0, 0.1) is 5.41 Å². The van der Waals surface area contributed by atoms with Crippen molar-refractivity contribution in [3.63, 3.8) is 0 Å². The first-order valence-electron chi connectivity index (χ1n) is 13.2. The third-order valence-electron chi connectivity index (χ3n) is 5.95. The van der Waals surface area contributed by atoms with E-state index in [0.29, 0.717) is 40.0 Å². The van der Waals surface area contributed by atoms with E-state index in [1.165, 1.54) is 0 Å². The maximum absolute atomic E-state index is 12.9. The number of ether oxygens (including phenoxy) is 6. The first-order valence-corrected chi connectivity index (χ1v) is 13.2. The summed E-state index contributed by atoms with van der Waals surface area (Å²) in [6.07, 6.45) is -6.14. The van der Waals surface area contributed by atoms with Crippen molar-refractivity contribution in [1.29, 1.82) is 0 Å². The molecule has 44 heavy (non-hydrogen) atoms. The van der Waals surface area contributed by atoms with Crippen LogP contribution in [0.25, 0.3) is 0 Å². The van der Waals surface area contributed by atoms with E-state index in [1.54, 1.807) is 0 Å². The van der Waals surface area contributed by atoms with Gasteiger partial charge in [-0.1, -0.05) is 0 Å². The number of alkyl halides is 6. The number of rotatable bonds is 6. The number of carbonyl (C=O) groups excluding carboxylic acids is 6. The van der Waals surface area contributed by atoms with Crippen molar-refractivity contribution in [2.24, 2.45) is 5.41 Å². The molecule has 3 saturated heterocycles. The molecule has 12 nitrogen and oxygen atoms in total. The third kappa shape index (κ3) is 11.8. The molecule has 0 amide bonds. The Morgan fingerprint density at radius 1 is 0.591 bits per heavy atom. The summed E-state index contributed by atoms with van der Waals surface area (Å²) in [6.45, 7) is 4.52. The molecule has 18 heteroatoms. The molecule has 3 heterocycles. The summed E-state index contributed by atoms with van der Waals surface area (Å²) in [4.78, 5) is 65.9. The summed E-state index contributed by atoms with van der Waals surface area (Å²) in [5.41, 5.74) is -4.70. The zero-order chi connectivity index (χ0) is 34.1. The molecule has 0 aromatic rings.